The molecule has 0 N–H and O–H groups in total. The minimum absolute atomic E-state index is 0.0485. The number of nitrogens with zero attached hydrogens (tertiary/aromatic N) is 2. The number of halogens is 1. The lowest BCUT2D eigenvalue weighted by atomic mass is 10.2. The van der Waals surface area contributed by atoms with Crippen LogP contribution in [0.5, 0.6) is 0 Å². The third-order valence-corrected chi connectivity index (χ3v) is 5.04. The van der Waals surface area contributed by atoms with Gasteiger partial charge in [-0.05, 0) is 48.0 Å². The van der Waals surface area contributed by atoms with Gasteiger partial charge in [0, 0.05) is 22.7 Å². The maximum Gasteiger partial charge on any atom is 0.273 e. The molecule has 0 unspecified atom stereocenters. The molecular formula is C17H9ClN2O4S2. The SMILES string of the molecule is O=C1/C(=C\c2ccc([N+](=O)[O-])cc2)SC(=S)N1C(=O)c1ccc(Cl)cc1. The minimum atomic E-state index is -0.531. The van der Waals surface area contributed by atoms with Crippen molar-refractivity contribution in [3.05, 3.63) is 79.7 Å². The molecule has 2 amide bonds. The van der Waals surface area contributed by atoms with Gasteiger partial charge in [0.2, 0.25) is 0 Å². The highest BCUT2D eigenvalue weighted by molar-refractivity contribution is 8.26. The summed E-state index contributed by atoms with van der Waals surface area (Å²) in [5, 5.41) is 11.2. The molecule has 2 aromatic carbocycles. The molecule has 0 aliphatic carbocycles. The van der Waals surface area contributed by atoms with Gasteiger partial charge < -0.3 is 0 Å². The number of rotatable bonds is 3. The van der Waals surface area contributed by atoms with Crippen LogP contribution in [-0.4, -0.2) is 26.0 Å². The molecule has 1 aliphatic heterocycles. The second kappa shape index (κ2) is 7.36. The molecule has 130 valence electrons. The van der Waals surface area contributed by atoms with Gasteiger partial charge in [-0.2, -0.15) is 0 Å². The summed E-state index contributed by atoms with van der Waals surface area (Å²) in [6.07, 6.45) is 1.54. The molecule has 0 saturated carbocycles. The number of thiocarbonyl (C=S) groups is 1. The number of amides is 2. The number of benzene rings is 2. The number of carbonyl (C=O) groups excluding carboxylic acids is 2. The molecule has 9 heteroatoms. The van der Waals surface area contributed by atoms with E-state index in [9.17, 15) is 19.7 Å². The van der Waals surface area contributed by atoms with Gasteiger partial charge in [-0.3, -0.25) is 19.7 Å². The van der Waals surface area contributed by atoms with Crippen molar-refractivity contribution in [1.82, 2.24) is 4.90 Å². The maximum absolute atomic E-state index is 12.6. The predicted octanol–water partition coefficient (Wildman–Crippen LogP) is 4.29. The lowest BCUT2D eigenvalue weighted by Gasteiger charge is -2.12. The number of carbonyl (C=O) groups is 2. The molecule has 1 aliphatic rings. The highest BCUT2D eigenvalue weighted by atomic mass is 35.5. The van der Waals surface area contributed by atoms with Crippen molar-refractivity contribution in [2.75, 3.05) is 0 Å². The zero-order valence-corrected chi connectivity index (χ0v) is 15.3. The quantitative estimate of drug-likeness (QED) is 0.249. The van der Waals surface area contributed by atoms with Gasteiger partial charge in [0.05, 0.1) is 9.83 Å². The van der Waals surface area contributed by atoms with Gasteiger partial charge in [0.15, 0.2) is 4.32 Å². The monoisotopic (exact) mass is 404 g/mol. The molecule has 3 rings (SSSR count). The van der Waals surface area contributed by atoms with Crippen LogP contribution in [0.3, 0.4) is 0 Å². The van der Waals surface area contributed by atoms with Crippen LogP contribution < -0.4 is 0 Å². The van der Waals surface area contributed by atoms with E-state index in [0.29, 0.717) is 16.1 Å². The molecule has 0 atom stereocenters. The first-order valence-electron chi connectivity index (χ1n) is 7.19. The van der Waals surface area contributed by atoms with Crippen LogP contribution in [0.2, 0.25) is 5.02 Å². The van der Waals surface area contributed by atoms with Crippen LogP contribution in [0.15, 0.2) is 53.4 Å². The second-order valence-corrected chi connectivity index (χ2v) is 7.29. The van der Waals surface area contributed by atoms with E-state index < -0.39 is 16.7 Å². The zero-order valence-electron chi connectivity index (χ0n) is 12.9. The molecule has 2 aromatic rings. The first kappa shape index (κ1) is 18.2. The van der Waals surface area contributed by atoms with Gasteiger partial charge in [-0.1, -0.05) is 35.6 Å². The maximum atomic E-state index is 12.6. The second-order valence-electron chi connectivity index (χ2n) is 5.18. The summed E-state index contributed by atoms with van der Waals surface area (Å²) in [6, 6.07) is 11.9. The Balaban J connectivity index is 1.85. The molecule has 0 radical (unpaired) electrons. The summed E-state index contributed by atoms with van der Waals surface area (Å²) < 4.78 is 0.128. The van der Waals surface area contributed by atoms with E-state index in [0.717, 1.165) is 16.7 Å². The van der Waals surface area contributed by atoms with Crippen LogP contribution in [0.1, 0.15) is 15.9 Å². The van der Waals surface area contributed by atoms with E-state index >= 15 is 0 Å². The summed E-state index contributed by atoms with van der Waals surface area (Å²) in [5.74, 6) is -1.06. The van der Waals surface area contributed by atoms with E-state index in [4.69, 9.17) is 23.8 Å². The van der Waals surface area contributed by atoms with Crippen molar-refractivity contribution in [1.29, 1.82) is 0 Å². The van der Waals surface area contributed by atoms with E-state index in [1.807, 2.05) is 0 Å². The molecule has 6 nitrogen and oxygen atoms in total. The molecule has 1 fully saturated rings. The van der Waals surface area contributed by atoms with Gasteiger partial charge >= 0.3 is 0 Å². The van der Waals surface area contributed by atoms with Crippen molar-refractivity contribution >= 4 is 63.5 Å². The summed E-state index contributed by atoms with van der Waals surface area (Å²) in [7, 11) is 0. The van der Waals surface area contributed by atoms with E-state index in [1.54, 1.807) is 12.1 Å². The van der Waals surface area contributed by atoms with E-state index in [2.05, 4.69) is 0 Å². The summed E-state index contributed by atoms with van der Waals surface area (Å²) in [5.41, 5.74) is 0.838. The molecule has 0 bridgehead atoms. The van der Waals surface area contributed by atoms with E-state index in [1.165, 1.54) is 42.5 Å². The fourth-order valence-corrected chi connectivity index (χ4v) is 3.59. The zero-order chi connectivity index (χ0) is 18.8. The van der Waals surface area contributed by atoms with Gasteiger partial charge in [-0.15, -0.1) is 0 Å². The molecule has 0 spiro atoms. The summed E-state index contributed by atoms with van der Waals surface area (Å²) >= 11 is 12.0. The Morgan fingerprint density at radius 2 is 1.77 bits per heavy atom. The van der Waals surface area contributed by atoms with Crippen LogP contribution in [0, 0.1) is 10.1 Å². The number of nitro benzene ring substituents is 1. The first-order valence-corrected chi connectivity index (χ1v) is 8.79. The Labute approximate surface area is 162 Å². The Kier molecular flexibility index (Phi) is 5.17. The number of hydrogen-bond acceptors (Lipinski definition) is 6. The topological polar surface area (TPSA) is 80.5 Å². The number of nitro groups is 1. The number of hydrogen-bond donors (Lipinski definition) is 0. The van der Waals surface area contributed by atoms with Crippen molar-refractivity contribution < 1.29 is 14.5 Å². The molecular weight excluding hydrogens is 396 g/mol. The fraction of sp³-hybridized carbons (Fsp3) is 0. The molecule has 0 aromatic heterocycles. The largest absolute Gasteiger partial charge is 0.273 e. The summed E-state index contributed by atoms with van der Waals surface area (Å²) in [4.78, 5) is 36.5. The van der Waals surface area contributed by atoms with Crippen molar-refractivity contribution in [3.8, 4) is 0 Å². The standard InChI is InChI=1S/C17H9ClN2O4S2/c18-12-5-3-11(4-6-12)15(21)19-16(22)14(26-17(19)25)9-10-1-7-13(8-2-10)20(23)24/h1-9H/b14-9+. The molecule has 1 saturated heterocycles. The van der Waals surface area contributed by atoms with Gasteiger partial charge in [-0.25, -0.2) is 4.90 Å². The lowest BCUT2D eigenvalue weighted by molar-refractivity contribution is -0.384. The Morgan fingerprint density at radius 3 is 2.35 bits per heavy atom. The van der Waals surface area contributed by atoms with Gasteiger partial charge in [0.25, 0.3) is 17.5 Å². The van der Waals surface area contributed by atoms with Crippen molar-refractivity contribution in [2.24, 2.45) is 0 Å². The lowest BCUT2D eigenvalue weighted by Crippen LogP contribution is -2.34. The third-order valence-electron chi connectivity index (χ3n) is 3.49. The predicted molar refractivity (Wildman–Crippen MR) is 104 cm³/mol. The van der Waals surface area contributed by atoms with Crippen LogP contribution in [-0.2, 0) is 4.79 Å². The van der Waals surface area contributed by atoms with Crippen LogP contribution in [0.4, 0.5) is 5.69 Å². The van der Waals surface area contributed by atoms with Crippen LogP contribution >= 0.6 is 35.6 Å². The first-order chi connectivity index (χ1) is 12.4. The number of imide groups is 1. The Morgan fingerprint density at radius 1 is 1.15 bits per heavy atom. The van der Waals surface area contributed by atoms with E-state index in [-0.39, 0.29) is 14.9 Å². The highest BCUT2D eigenvalue weighted by Gasteiger charge is 2.37. The normalized spacial score (nSPS) is 15.6. The van der Waals surface area contributed by atoms with Gasteiger partial charge in [0.1, 0.15) is 0 Å². The third kappa shape index (κ3) is 3.67. The molecule has 26 heavy (non-hydrogen) atoms. The fourth-order valence-electron chi connectivity index (χ4n) is 2.21. The average Bonchev–Trinajstić information content (AvgIpc) is 2.89. The summed E-state index contributed by atoms with van der Waals surface area (Å²) in [6.45, 7) is 0. The smallest absolute Gasteiger partial charge is 0.268 e. The minimum Gasteiger partial charge on any atom is -0.268 e. The average molecular weight is 405 g/mol. The highest BCUT2D eigenvalue weighted by Crippen LogP contribution is 2.34. The molecule has 1 heterocycles. The Bertz CT molecular complexity index is 956. The number of thioether (sulfide) groups is 1. The van der Waals surface area contributed by atoms with Crippen molar-refractivity contribution in [3.63, 3.8) is 0 Å². The van der Waals surface area contributed by atoms with Crippen molar-refractivity contribution in [2.45, 2.75) is 0 Å². The van der Waals surface area contributed by atoms with Crippen LogP contribution in [0.25, 0.3) is 6.08 Å². The number of non-ortho nitro benzene ring substituents is 1. The Hall–Kier alpha value is -2.55.